The number of ketones is 1. The van der Waals surface area contributed by atoms with Gasteiger partial charge >= 0.3 is 0 Å². The molecular weight excluding hydrogens is 202 g/mol. The molecule has 0 bridgehead atoms. The second-order valence-corrected chi connectivity index (χ2v) is 4.88. The zero-order chi connectivity index (χ0) is 11.6. The Balaban J connectivity index is 2.11. The maximum absolute atomic E-state index is 12.2. The van der Waals surface area contributed by atoms with Crippen LogP contribution in [0.2, 0.25) is 0 Å². The summed E-state index contributed by atoms with van der Waals surface area (Å²) < 4.78 is 5.61. The third kappa shape index (κ3) is 2.47. The van der Waals surface area contributed by atoms with Gasteiger partial charge in [-0.15, -0.1) is 0 Å². The van der Waals surface area contributed by atoms with Gasteiger partial charge in [-0.3, -0.25) is 9.78 Å². The Morgan fingerprint density at radius 2 is 2.31 bits per heavy atom. The fourth-order valence-corrected chi connectivity index (χ4v) is 2.17. The molecule has 3 nitrogen and oxygen atoms in total. The number of aromatic nitrogens is 1. The molecule has 1 aliphatic heterocycles. The van der Waals surface area contributed by atoms with E-state index in [-0.39, 0.29) is 17.3 Å². The highest BCUT2D eigenvalue weighted by Gasteiger charge is 2.33. The van der Waals surface area contributed by atoms with Gasteiger partial charge in [-0.05, 0) is 38.8 Å². The van der Waals surface area contributed by atoms with E-state index in [9.17, 15) is 4.79 Å². The third-order valence-electron chi connectivity index (χ3n) is 2.99. The Labute approximate surface area is 95.8 Å². The first-order valence-corrected chi connectivity index (χ1v) is 5.68. The van der Waals surface area contributed by atoms with Crippen LogP contribution in [-0.2, 0) is 4.74 Å². The fourth-order valence-electron chi connectivity index (χ4n) is 2.17. The SMILES string of the molecule is CC1(C)CC(C(=O)c2ccccn2)CCO1. The summed E-state index contributed by atoms with van der Waals surface area (Å²) in [6, 6.07) is 5.46. The van der Waals surface area contributed by atoms with Gasteiger partial charge in [0.2, 0.25) is 0 Å². The van der Waals surface area contributed by atoms with Crippen LogP contribution in [0, 0.1) is 5.92 Å². The largest absolute Gasteiger partial charge is 0.376 e. The predicted molar refractivity (Wildman–Crippen MR) is 61.3 cm³/mol. The lowest BCUT2D eigenvalue weighted by atomic mass is 9.84. The van der Waals surface area contributed by atoms with Crippen LogP contribution in [0.3, 0.4) is 0 Å². The number of carbonyl (C=O) groups is 1. The number of rotatable bonds is 2. The molecular formula is C13H17NO2. The van der Waals surface area contributed by atoms with E-state index < -0.39 is 0 Å². The van der Waals surface area contributed by atoms with Crippen LogP contribution in [-0.4, -0.2) is 23.0 Å². The van der Waals surface area contributed by atoms with Crippen LogP contribution in [0.5, 0.6) is 0 Å². The Kier molecular flexibility index (Phi) is 3.06. The van der Waals surface area contributed by atoms with E-state index in [1.807, 2.05) is 26.0 Å². The quantitative estimate of drug-likeness (QED) is 0.717. The number of ether oxygens (including phenoxy) is 1. The molecule has 0 aromatic carbocycles. The van der Waals surface area contributed by atoms with Crippen molar-refractivity contribution in [1.29, 1.82) is 0 Å². The van der Waals surface area contributed by atoms with Crippen LogP contribution in [0.15, 0.2) is 24.4 Å². The van der Waals surface area contributed by atoms with Gasteiger partial charge in [-0.1, -0.05) is 6.07 Å². The molecule has 0 spiro atoms. The highest BCUT2D eigenvalue weighted by molar-refractivity contribution is 5.96. The van der Waals surface area contributed by atoms with E-state index in [0.717, 1.165) is 12.8 Å². The first-order valence-electron chi connectivity index (χ1n) is 5.68. The van der Waals surface area contributed by atoms with E-state index in [1.54, 1.807) is 12.3 Å². The van der Waals surface area contributed by atoms with Crippen LogP contribution in [0.1, 0.15) is 37.2 Å². The molecule has 1 unspecified atom stereocenters. The molecule has 86 valence electrons. The Hall–Kier alpha value is -1.22. The van der Waals surface area contributed by atoms with Gasteiger partial charge in [0.1, 0.15) is 5.69 Å². The summed E-state index contributed by atoms with van der Waals surface area (Å²) in [5.74, 6) is 0.204. The van der Waals surface area contributed by atoms with Gasteiger partial charge in [-0.25, -0.2) is 0 Å². The average molecular weight is 219 g/mol. The third-order valence-corrected chi connectivity index (χ3v) is 2.99. The van der Waals surface area contributed by atoms with Crippen molar-refractivity contribution in [1.82, 2.24) is 4.98 Å². The molecule has 0 N–H and O–H groups in total. The fraction of sp³-hybridized carbons (Fsp3) is 0.538. The minimum absolute atomic E-state index is 0.0543. The number of carbonyl (C=O) groups excluding carboxylic acids is 1. The maximum atomic E-state index is 12.2. The molecule has 0 radical (unpaired) electrons. The van der Waals surface area contributed by atoms with Crippen LogP contribution < -0.4 is 0 Å². The topological polar surface area (TPSA) is 39.2 Å². The smallest absolute Gasteiger partial charge is 0.184 e. The molecule has 2 rings (SSSR count). The molecule has 0 amide bonds. The molecule has 1 aromatic rings. The Morgan fingerprint density at radius 1 is 1.50 bits per heavy atom. The van der Waals surface area contributed by atoms with E-state index in [0.29, 0.717) is 12.3 Å². The molecule has 0 saturated carbocycles. The van der Waals surface area contributed by atoms with Gasteiger partial charge in [-0.2, -0.15) is 0 Å². The van der Waals surface area contributed by atoms with Crippen molar-refractivity contribution in [2.45, 2.75) is 32.3 Å². The van der Waals surface area contributed by atoms with Crippen molar-refractivity contribution < 1.29 is 9.53 Å². The summed E-state index contributed by atoms with van der Waals surface area (Å²) in [6.45, 7) is 4.73. The number of hydrogen-bond acceptors (Lipinski definition) is 3. The van der Waals surface area contributed by atoms with Crippen molar-refractivity contribution >= 4 is 5.78 Å². The summed E-state index contributed by atoms with van der Waals surface area (Å²) in [7, 11) is 0. The van der Waals surface area contributed by atoms with Crippen LogP contribution in [0.25, 0.3) is 0 Å². The lowest BCUT2D eigenvalue weighted by molar-refractivity contribution is -0.0665. The van der Waals surface area contributed by atoms with Gasteiger partial charge in [0, 0.05) is 18.7 Å². The maximum Gasteiger partial charge on any atom is 0.184 e. The second-order valence-electron chi connectivity index (χ2n) is 4.88. The van der Waals surface area contributed by atoms with Gasteiger partial charge in [0.05, 0.1) is 5.60 Å². The Morgan fingerprint density at radius 3 is 2.94 bits per heavy atom. The zero-order valence-corrected chi connectivity index (χ0v) is 9.77. The van der Waals surface area contributed by atoms with E-state index in [2.05, 4.69) is 4.98 Å². The first kappa shape index (κ1) is 11.3. The van der Waals surface area contributed by atoms with E-state index >= 15 is 0 Å². The van der Waals surface area contributed by atoms with Crippen LogP contribution >= 0.6 is 0 Å². The molecule has 0 aliphatic carbocycles. The second kappa shape index (κ2) is 4.34. The van der Waals surface area contributed by atoms with Gasteiger partial charge in [0.25, 0.3) is 0 Å². The molecule has 1 saturated heterocycles. The zero-order valence-electron chi connectivity index (χ0n) is 9.77. The number of hydrogen-bond donors (Lipinski definition) is 0. The standard InChI is InChI=1S/C13H17NO2/c1-13(2)9-10(6-8-16-13)12(15)11-5-3-4-7-14-11/h3-5,7,10H,6,8-9H2,1-2H3. The Bertz CT molecular complexity index is 373. The lowest BCUT2D eigenvalue weighted by Crippen LogP contribution is -2.37. The van der Waals surface area contributed by atoms with E-state index in [1.165, 1.54) is 0 Å². The first-order chi connectivity index (χ1) is 7.58. The van der Waals surface area contributed by atoms with Crippen molar-refractivity contribution in [2.24, 2.45) is 5.92 Å². The van der Waals surface area contributed by atoms with Crippen molar-refractivity contribution in [2.75, 3.05) is 6.61 Å². The number of nitrogens with zero attached hydrogens (tertiary/aromatic N) is 1. The minimum Gasteiger partial charge on any atom is -0.376 e. The molecule has 1 fully saturated rings. The van der Waals surface area contributed by atoms with E-state index in [4.69, 9.17) is 4.74 Å². The molecule has 2 heterocycles. The molecule has 16 heavy (non-hydrogen) atoms. The van der Waals surface area contributed by atoms with Crippen LogP contribution in [0.4, 0.5) is 0 Å². The van der Waals surface area contributed by atoms with Gasteiger partial charge in [0.15, 0.2) is 5.78 Å². The van der Waals surface area contributed by atoms with Crippen molar-refractivity contribution in [3.05, 3.63) is 30.1 Å². The van der Waals surface area contributed by atoms with Gasteiger partial charge < -0.3 is 4.74 Å². The molecule has 1 aromatic heterocycles. The summed E-state index contributed by atoms with van der Waals surface area (Å²) >= 11 is 0. The summed E-state index contributed by atoms with van der Waals surface area (Å²) in [4.78, 5) is 16.3. The average Bonchev–Trinajstić information content (AvgIpc) is 2.28. The highest BCUT2D eigenvalue weighted by atomic mass is 16.5. The summed E-state index contributed by atoms with van der Waals surface area (Å²) in [6.07, 6.45) is 3.25. The molecule has 1 atom stereocenters. The molecule has 3 heteroatoms. The number of Topliss-reactive ketones (excluding diaryl/α,β-unsaturated/α-hetero) is 1. The summed E-state index contributed by atoms with van der Waals surface area (Å²) in [5, 5.41) is 0. The normalized spacial score (nSPS) is 24.0. The lowest BCUT2D eigenvalue weighted by Gasteiger charge is -2.34. The van der Waals surface area contributed by atoms with Crippen molar-refractivity contribution in [3.63, 3.8) is 0 Å². The van der Waals surface area contributed by atoms with Crippen molar-refractivity contribution in [3.8, 4) is 0 Å². The number of pyridine rings is 1. The summed E-state index contributed by atoms with van der Waals surface area (Å²) in [5.41, 5.74) is 0.387. The highest BCUT2D eigenvalue weighted by Crippen LogP contribution is 2.30. The predicted octanol–water partition coefficient (Wildman–Crippen LogP) is 2.47. The molecule has 1 aliphatic rings. The monoisotopic (exact) mass is 219 g/mol. The minimum atomic E-state index is -0.187.